The van der Waals surface area contributed by atoms with Gasteiger partial charge in [0.05, 0.1) is 5.56 Å². The van der Waals surface area contributed by atoms with E-state index in [9.17, 15) is 15.0 Å². The lowest BCUT2D eigenvalue weighted by Gasteiger charge is -2.16. The molecule has 1 aliphatic carbocycles. The summed E-state index contributed by atoms with van der Waals surface area (Å²) < 4.78 is 0. The van der Waals surface area contributed by atoms with Crippen molar-refractivity contribution in [1.82, 2.24) is 4.90 Å². The number of para-hydroxylation sites is 1. The maximum absolute atomic E-state index is 11.9. The molecular formula is C11H13NO3. The van der Waals surface area contributed by atoms with Crippen LogP contribution in [-0.2, 0) is 0 Å². The van der Waals surface area contributed by atoms with Gasteiger partial charge in [0.25, 0.3) is 5.91 Å². The van der Waals surface area contributed by atoms with Crippen molar-refractivity contribution >= 4 is 5.91 Å². The van der Waals surface area contributed by atoms with Crippen molar-refractivity contribution in [3.63, 3.8) is 0 Å². The van der Waals surface area contributed by atoms with Crippen LogP contribution in [0, 0.1) is 0 Å². The number of carbonyl (C=O) groups is 1. The molecule has 0 spiro atoms. The quantitative estimate of drug-likeness (QED) is 0.719. The lowest BCUT2D eigenvalue weighted by Crippen LogP contribution is -2.28. The number of hydrogen-bond acceptors (Lipinski definition) is 3. The second-order valence-corrected chi connectivity index (χ2v) is 3.82. The van der Waals surface area contributed by atoms with Crippen molar-refractivity contribution in [2.45, 2.75) is 18.9 Å². The second kappa shape index (κ2) is 3.46. The molecule has 2 rings (SSSR count). The molecule has 4 nitrogen and oxygen atoms in total. The third-order valence-electron chi connectivity index (χ3n) is 2.66. The molecule has 1 aromatic carbocycles. The van der Waals surface area contributed by atoms with Crippen LogP contribution in [0.3, 0.4) is 0 Å². The maximum atomic E-state index is 11.9. The molecule has 0 bridgehead atoms. The van der Waals surface area contributed by atoms with Gasteiger partial charge in [0.1, 0.15) is 0 Å². The Kier molecular flexibility index (Phi) is 2.26. The molecule has 1 amide bonds. The molecule has 0 saturated heterocycles. The second-order valence-electron chi connectivity index (χ2n) is 3.82. The van der Waals surface area contributed by atoms with Crippen molar-refractivity contribution in [1.29, 1.82) is 0 Å². The monoisotopic (exact) mass is 207 g/mol. The van der Waals surface area contributed by atoms with Crippen molar-refractivity contribution in [3.05, 3.63) is 23.8 Å². The highest BCUT2D eigenvalue weighted by Crippen LogP contribution is 2.32. The van der Waals surface area contributed by atoms with Crippen LogP contribution in [0.5, 0.6) is 11.5 Å². The third kappa shape index (κ3) is 1.75. The molecule has 0 atom stereocenters. The van der Waals surface area contributed by atoms with E-state index in [0.29, 0.717) is 6.04 Å². The topological polar surface area (TPSA) is 60.8 Å². The molecule has 1 aromatic rings. The first-order valence-corrected chi connectivity index (χ1v) is 4.89. The average Bonchev–Trinajstić information content (AvgIpc) is 3.03. The van der Waals surface area contributed by atoms with E-state index in [1.807, 2.05) is 0 Å². The van der Waals surface area contributed by atoms with Gasteiger partial charge in [-0.05, 0) is 25.0 Å². The first-order valence-electron chi connectivity index (χ1n) is 4.89. The fourth-order valence-corrected chi connectivity index (χ4v) is 1.52. The van der Waals surface area contributed by atoms with Gasteiger partial charge in [-0.1, -0.05) is 6.07 Å². The summed E-state index contributed by atoms with van der Waals surface area (Å²) in [5.74, 6) is -0.842. The highest BCUT2D eigenvalue weighted by Gasteiger charge is 2.31. The van der Waals surface area contributed by atoms with Gasteiger partial charge in [0.2, 0.25) is 0 Å². The molecule has 0 aliphatic heterocycles. The predicted molar refractivity (Wildman–Crippen MR) is 54.9 cm³/mol. The van der Waals surface area contributed by atoms with E-state index in [-0.39, 0.29) is 23.0 Å². The number of phenols is 2. The Labute approximate surface area is 87.8 Å². The zero-order chi connectivity index (χ0) is 11.0. The van der Waals surface area contributed by atoms with Crippen molar-refractivity contribution in [2.24, 2.45) is 0 Å². The van der Waals surface area contributed by atoms with Crippen molar-refractivity contribution in [3.8, 4) is 11.5 Å². The zero-order valence-electron chi connectivity index (χ0n) is 8.47. The standard InChI is InChI=1S/C11H13NO3/c1-12(7-5-6-7)11(15)8-3-2-4-9(13)10(8)14/h2-4,7,13-14H,5-6H2,1H3. The summed E-state index contributed by atoms with van der Waals surface area (Å²) in [6.45, 7) is 0. The van der Waals surface area contributed by atoms with Crippen LogP contribution >= 0.6 is 0 Å². The van der Waals surface area contributed by atoms with Gasteiger partial charge in [-0.2, -0.15) is 0 Å². The molecule has 1 saturated carbocycles. The molecule has 1 fully saturated rings. The summed E-state index contributed by atoms with van der Waals surface area (Å²) in [7, 11) is 1.71. The van der Waals surface area contributed by atoms with Crippen LogP contribution in [-0.4, -0.2) is 34.1 Å². The van der Waals surface area contributed by atoms with E-state index in [2.05, 4.69) is 0 Å². The minimum absolute atomic E-state index is 0.157. The highest BCUT2D eigenvalue weighted by atomic mass is 16.3. The number of amides is 1. The number of benzene rings is 1. The van der Waals surface area contributed by atoms with Crippen molar-refractivity contribution < 1.29 is 15.0 Å². The first kappa shape index (κ1) is 9.83. The van der Waals surface area contributed by atoms with Crippen LogP contribution in [0.1, 0.15) is 23.2 Å². The van der Waals surface area contributed by atoms with Gasteiger partial charge in [0.15, 0.2) is 11.5 Å². The third-order valence-corrected chi connectivity index (χ3v) is 2.66. The Bertz CT molecular complexity index is 399. The number of phenolic OH excluding ortho intramolecular Hbond substituents is 2. The summed E-state index contributed by atoms with van der Waals surface area (Å²) in [6, 6.07) is 4.70. The molecule has 1 aliphatic rings. The summed E-state index contributed by atoms with van der Waals surface area (Å²) >= 11 is 0. The number of carbonyl (C=O) groups excluding carboxylic acids is 1. The van der Waals surface area contributed by atoms with Crippen LogP contribution in [0.2, 0.25) is 0 Å². The molecule has 0 radical (unpaired) electrons. The number of aromatic hydroxyl groups is 2. The minimum Gasteiger partial charge on any atom is -0.504 e. The Hall–Kier alpha value is -1.71. The molecule has 2 N–H and O–H groups in total. The summed E-state index contributed by atoms with van der Waals surface area (Å²) in [4.78, 5) is 13.5. The van der Waals surface area contributed by atoms with Crippen LogP contribution in [0.25, 0.3) is 0 Å². The molecule has 4 heteroatoms. The maximum Gasteiger partial charge on any atom is 0.257 e. The van der Waals surface area contributed by atoms with Gasteiger partial charge < -0.3 is 15.1 Å². The van der Waals surface area contributed by atoms with Gasteiger partial charge >= 0.3 is 0 Å². The summed E-state index contributed by atoms with van der Waals surface area (Å²) in [5, 5.41) is 18.8. The van der Waals surface area contributed by atoms with Crippen molar-refractivity contribution in [2.75, 3.05) is 7.05 Å². The van der Waals surface area contributed by atoms with Gasteiger partial charge in [-0.25, -0.2) is 0 Å². The average molecular weight is 207 g/mol. The first-order chi connectivity index (χ1) is 7.11. The fourth-order valence-electron chi connectivity index (χ4n) is 1.52. The fraction of sp³-hybridized carbons (Fsp3) is 0.364. The number of rotatable bonds is 2. The lowest BCUT2D eigenvalue weighted by molar-refractivity contribution is 0.0781. The van der Waals surface area contributed by atoms with Gasteiger partial charge in [-0.3, -0.25) is 4.79 Å². The lowest BCUT2D eigenvalue weighted by atomic mass is 10.1. The number of nitrogens with zero attached hydrogens (tertiary/aromatic N) is 1. The molecule has 0 unspecified atom stereocenters. The van der Waals surface area contributed by atoms with Crippen LogP contribution < -0.4 is 0 Å². The summed E-state index contributed by atoms with van der Waals surface area (Å²) in [6.07, 6.45) is 2.03. The molecule has 0 heterocycles. The largest absolute Gasteiger partial charge is 0.504 e. The smallest absolute Gasteiger partial charge is 0.257 e. The van der Waals surface area contributed by atoms with Gasteiger partial charge in [-0.15, -0.1) is 0 Å². The Morgan fingerprint density at radius 2 is 2.07 bits per heavy atom. The minimum atomic E-state index is -0.338. The van der Waals surface area contributed by atoms with E-state index in [0.717, 1.165) is 12.8 Å². The van der Waals surface area contributed by atoms with E-state index in [1.165, 1.54) is 12.1 Å². The molecule has 0 aromatic heterocycles. The SMILES string of the molecule is CN(C(=O)c1cccc(O)c1O)C1CC1. The molecule has 15 heavy (non-hydrogen) atoms. The Morgan fingerprint density at radius 1 is 1.40 bits per heavy atom. The Balaban J connectivity index is 2.28. The van der Waals surface area contributed by atoms with E-state index < -0.39 is 0 Å². The molecule has 80 valence electrons. The van der Waals surface area contributed by atoms with E-state index in [4.69, 9.17) is 0 Å². The Morgan fingerprint density at radius 3 is 2.67 bits per heavy atom. The van der Waals surface area contributed by atoms with E-state index >= 15 is 0 Å². The normalized spacial score (nSPS) is 15.0. The van der Waals surface area contributed by atoms with Crippen LogP contribution in [0.4, 0.5) is 0 Å². The van der Waals surface area contributed by atoms with E-state index in [1.54, 1.807) is 18.0 Å². The predicted octanol–water partition coefficient (Wildman–Crippen LogP) is 1.33. The highest BCUT2D eigenvalue weighted by molar-refractivity contribution is 5.97. The number of hydrogen-bond donors (Lipinski definition) is 2. The zero-order valence-corrected chi connectivity index (χ0v) is 8.47. The van der Waals surface area contributed by atoms with Crippen LogP contribution in [0.15, 0.2) is 18.2 Å². The van der Waals surface area contributed by atoms with Gasteiger partial charge in [0, 0.05) is 13.1 Å². The summed E-state index contributed by atoms with van der Waals surface area (Å²) in [5.41, 5.74) is 0.157. The molecular weight excluding hydrogens is 194 g/mol.